The SMILES string of the molecule is CN1CCN(c2ccnc(F)c2)C(c2ccccc2)C1. The number of likely N-dealkylation sites (N-methyl/N-ethyl adjacent to an activating group) is 1. The average molecular weight is 271 g/mol. The van der Waals surface area contributed by atoms with E-state index >= 15 is 0 Å². The van der Waals surface area contributed by atoms with Crippen molar-refractivity contribution in [3.05, 3.63) is 60.2 Å². The summed E-state index contributed by atoms with van der Waals surface area (Å²) in [4.78, 5) is 8.22. The molecule has 0 saturated carbocycles. The van der Waals surface area contributed by atoms with Gasteiger partial charge in [0.1, 0.15) is 0 Å². The second kappa shape index (κ2) is 5.59. The molecule has 2 heterocycles. The Kier molecular flexibility index (Phi) is 3.65. The van der Waals surface area contributed by atoms with Gasteiger partial charge in [0, 0.05) is 37.6 Å². The number of aromatic nitrogens is 1. The van der Waals surface area contributed by atoms with E-state index in [-0.39, 0.29) is 6.04 Å². The molecule has 1 aromatic heterocycles. The lowest BCUT2D eigenvalue weighted by Gasteiger charge is -2.41. The third kappa shape index (κ3) is 2.65. The zero-order chi connectivity index (χ0) is 13.9. The van der Waals surface area contributed by atoms with Gasteiger partial charge in [-0.15, -0.1) is 0 Å². The predicted molar refractivity (Wildman–Crippen MR) is 78.2 cm³/mol. The van der Waals surface area contributed by atoms with Crippen LogP contribution in [-0.2, 0) is 0 Å². The number of anilines is 1. The van der Waals surface area contributed by atoms with Crippen molar-refractivity contribution in [2.24, 2.45) is 0 Å². The predicted octanol–water partition coefficient (Wildman–Crippen LogP) is 2.71. The van der Waals surface area contributed by atoms with Crippen molar-refractivity contribution in [3.8, 4) is 0 Å². The van der Waals surface area contributed by atoms with Gasteiger partial charge in [-0.1, -0.05) is 30.3 Å². The van der Waals surface area contributed by atoms with Gasteiger partial charge in [-0.2, -0.15) is 4.39 Å². The van der Waals surface area contributed by atoms with Gasteiger partial charge in [-0.05, 0) is 18.7 Å². The molecule has 1 aliphatic heterocycles. The van der Waals surface area contributed by atoms with Crippen LogP contribution >= 0.6 is 0 Å². The first-order valence-corrected chi connectivity index (χ1v) is 6.86. The maximum atomic E-state index is 13.4. The van der Waals surface area contributed by atoms with Crippen LogP contribution in [-0.4, -0.2) is 36.6 Å². The van der Waals surface area contributed by atoms with E-state index < -0.39 is 5.95 Å². The third-order valence-electron chi connectivity index (χ3n) is 3.81. The fraction of sp³-hybridized carbons (Fsp3) is 0.312. The molecule has 1 atom stereocenters. The van der Waals surface area contributed by atoms with Crippen LogP contribution in [0, 0.1) is 5.95 Å². The minimum Gasteiger partial charge on any atom is -0.362 e. The monoisotopic (exact) mass is 271 g/mol. The lowest BCUT2D eigenvalue weighted by molar-refractivity contribution is 0.269. The van der Waals surface area contributed by atoms with Crippen molar-refractivity contribution >= 4 is 5.69 Å². The summed E-state index contributed by atoms with van der Waals surface area (Å²) in [6.07, 6.45) is 1.53. The zero-order valence-electron chi connectivity index (χ0n) is 11.5. The fourth-order valence-electron chi connectivity index (χ4n) is 2.76. The average Bonchev–Trinajstić information content (AvgIpc) is 2.48. The molecule has 1 aromatic carbocycles. The third-order valence-corrected chi connectivity index (χ3v) is 3.81. The molecule has 1 fully saturated rings. The summed E-state index contributed by atoms with van der Waals surface area (Å²) in [5, 5.41) is 0. The maximum absolute atomic E-state index is 13.4. The molecule has 1 saturated heterocycles. The number of hydrogen-bond donors (Lipinski definition) is 0. The first-order valence-electron chi connectivity index (χ1n) is 6.86. The molecule has 104 valence electrons. The van der Waals surface area contributed by atoms with Gasteiger partial charge in [0.05, 0.1) is 6.04 Å². The van der Waals surface area contributed by atoms with Crippen LogP contribution in [0.4, 0.5) is 10.1 Å². The molecule has 1 unspecified atom stereocenters. The summed E-state index contributed by atoms with van der Waals surface area (Å²) in [6.45, 7) is 2.81. The van der Waals surface area contributed by atoms with Gasteiger partial charge in [-0.3, -0.25) is 0 Å². The Morgan fingerprint density at radius 2 is 1.95 bits per heavy atom. The molecule has 0 spiro atoms. The van der Waals surface area contributed by atoms with Crippen molar-refractivity contribution in [3.63, 3.8) is 0 Å². The van der Waals surface area contributed by atoms with Crippen molar-refractivity contribution in [2.45, 2.75) is 6.04 Å². The lowest BCUT2D eigenvalue weighted by atomic mass is 10.0. The number of pyridine rings is 1. The second-order valence-electron chi connectivity index (χ2n) is 5.22. The Hall–Kier alpha value is -1.94. The molecule has 4 heteroatoms. The van der Waals surface area contributed by atoms with Crippen LogP contribution in [0.3, 0.4) is 0 Å². The molecule has 20 heavy (non-hydrogen) atoms. The first-order chi connectivity index (χ1) is 9.74. The Bertz CT molecular complexity index is 573. The number of benzene rings is 1. The highest BCUT2D eigenvalue weighted by molar-refractivity contribution is 5.48. The maximum Gasteiger partial charge on any atom is 0.214 e. The van der Waals surface area contributed by atoms with Crippen LogP contribution in [0.2, 0.25) is 0 Å². The van der Waals surface area contributed by atoms with Crippen LogP contribution in [0.15, 0.2) is 48.7 Å². The molecule has 3 nitrogen and oxygen atoms in total. The highest BCUT2D eigenvalue weighted by atomic mass is 19.1. The standard InChI is InChI=1S/C16H18FN3/c1-19-9-10-20(14-7-8-18-16(17)11-14)15(12-19)13-5-3-2-4-6-13/h2-8,11,15H,9-10,12H2,1H3. The highest BCUT2D eigenvalue weighted by Crippen LogP contribution is 2.30. The second-order valence-corrected chi connectivity index (χ2v) is 5.22. The molecule has 0 amide bonds. The molecule has 2 aromatic rings. The molecule has 0 N–H and O–H groups in total. The normalized spacial score (nSPS) is 20.1. The number of hydrogen-bond acceptors (Lipinski definition) is 3. The van der Waals surface area contributed by atoms with Crippen molar-refractivity contribution in [2.75, 3.05) is 31.6 Å². The Balaban J connectivity index is 1.95. The van der Waals surface area contributed by atoms with E-state index in [1.165, 1.54) is 17.8 Å². The number of nitrogens with zero attached hydrogens (tertiary/aromatic N) is 3. The Labute approximate surface area is 118 Å². The summed E-state index contributed by atoms with van der Waals surface area (Å²) in [5.74, 6) is -0.423. The number of halogens is 1. The summed E-state index contributed by atoms with van der Waals surface area (Å²) < 4.78 is 13.4. The van der Waals surface area contributed by atoms with Gasteiger partial charge in [0.25, 0.3) is 0 Å². The quantitative estimate of drug-likeness (QED) is 0.783. The first kappa shape index (κ1) is 13.1. The minimum atomic E-state index is -0.423. The van der Waals surface area contributed by atoms with E-state index in [1.807, 2.05) is 12.1 Å². The Morgan fingerprint density at radius 1 is 1.15 bits per heavy atom. The molecule has 3 rings (SSSR count). The van der Waals surface area contributed by atoms with E-state index in [9.17, 15) is 4.39 Å². The fourth-order valence-corrected chi connectivity index (χ4v) is 2.76. The van der Waals surface area contributed by atoms with Crippen LogP contribution < -0.4 is 4.90 Å². The minimum absolute atomic E-state index is 0.247. The zero-order valence-corrected chi connectivity index (χ0v) is 11.5. The van der Waals surface area contributed by atoms with Gasteiger partial charge in [-0.25, -0.2) is 4.98 Å². The van der Waals surface area contributed by atoms with Gasteiger partial charge in [0.15, 0.2) is 0 Å². The van der Waals surface area contributed by atoms with Crippen molar-refractivity contribution in [1.82, 2.24) is 9.88 Å². The summed E-state index contributed by atoms with van der Waals surface area (Å²) >= 11 is 0. The topological polar surface area (TPSA) is 19.4 Å². The molecule has 0 radical (unpaired) electrons. The highest BCUT2D eigenvalue weighted by Gasteiger charge is 2.26. The summed E-state index contributed by atoms with van der Waals surface area (Å²) in [7, 11) is 2.13. The van der Waals surface area contributed by atoms with E-state index in [2.05, 4.69) is 46.1 Å². The molecular weight excluding hydrogens is 253 g/mol. The molecular formula is C16H18FN3. The molecule has 0 bridgehead atoms. The van der Waals surface area contributed by atoms with E-state index in [0.29, 0.717) is 0 Å². The lowest BCUT2D eigenvalue weighted by Crippen LogP contribution is -2.47. The molecule has 0 aliphatic carbocycles. The van der Waals surface area contributed by atoms with Crippen LogP contribution in [0.25, 0.3) is 0 Å². The van der Waals surface area contributed by atoms with E-state index in [1.54, 1.807) is 0 Å². The van der Waals surface area contributed by atoms with E-state index in [0.717, 1.165) is 25.3 Å². The van der Waals surface area contributed by atoms with Crippen molar-refractivity contribution in [1.29, 1.82) is 0 Å². The summed E-state index contributed by atoms with van der Waals surface area (Å²) in [5.41, 5.74) is 2.16. The largest absolute Gasteiger partial charge is 0.362 e. The number of piperazine rings is 1. The van der Waals surface area contributed by atoms with Gasteiger partial charge < -0.3 is 9.80 Å². The van der Waals surface area contributed by atoms with Crippen LogP contribution in [0.1, 0.15) is 11.6 Å². The smallest absolute Gasteiger partial charge is 0.214 e. The van der Waals surface area contributed by atoms with Crippen LogP contribution in [0.5, 0.6) is 0 Å². The van der Waals surface area contributed by atoms with E-state index in [4.69, 9.17) is 0 Å². The van der Waals surface area contributed by atoms with Crippen molar-refractivity contribution < 1.29 is 4.39 Å². The Morgan fingerprint density at radius 3 is 2.70 bits per heavy atom. The molecule has 1 aliphatic rings. The van der Waals surface area contributed by atoms with Gasteiger partial charge in [0.2, 0.25) is 5.95 Å². The number of rotatable bonds is 2. The van der Waals surface area contributed by atoms with Gasteiger partial charge >= 0.3 is 0 Å². The summed E-state index contributed by atoms with van der Waals surface area (Å²) in [6, 6.07) is 14.0.